The summed E-state index contributed by atoms with van der Waals surface area (Å²) in [5, 5.41) is 5.98. The van der Waals surface area contributed by atoms with Gasteiger partial charge in [-0.2, -0.15) is 4.98 Å². The molecule has 2 aromatic carbocycles. The van der Waals surface area contributed by atoms with E-state index in [2.05, 4.69) is 20.6 Å². The van der Waals surface area contributed by atoms with Gasteiger partial charge in [-0.1, -0.05) is 36.4 Å². The van der Waals surface area contributed by atoms with Gasteiger partial charge in [-0.25, -0.2) is 13.8 Å². The van der Waals surface area contributed by atoms with Gasteiger partial charge in [0.15, 0.2) is 0 Å². The Morgan fingerprint density at radius 2 is 1.60 bits per heavy atom. The van der Waals surface area contributed by atoms with E-state index in [9.17, 15) is 8.78 Å². The molecule has 1 fully saturated rings. The maximum Gasteiger partial charge on any atom is 0.225 e. The third kappa shape index (κ3) is 3.57. The quantitative estimate of drug-likeness (QED) is 0.705. The summed E-state index contributed by atoms with van der Waals surface area (Å²) in [4.78, 5) is 8.87. The van der Waals surface area contributed by atoms with Gasteiger partial charge in [0.25, 0.3) is 0 Å². The third-order valence-corrected chi connectivity index (χ3v) is 3.92. The Balaban J connectivity index is 1.73. The number of aromatic nitrogens is 2. The maximum absolute atomic E-state index is 13.9. The van der Waals surface area contributed by atoms with Crippen LogP contribution < -0.4 is 10.6 Å². The molecule has 0 bridgehead atoms. The second kappa shape index (κ2) is 6.47. The Hall–Kier alpha value is -3.02. The number of nitrogens with one attached hydrogen (secondary N) is 2. The largest absolute Gasteiger partial charge is 0.351 e. The van der Waals surface area contributed by atoms with Gasteiger partial charge in [0.1, 0.15) is 23.1 Å². The van der Waals surface area contributed by atoms with Crippen molar-refractivity contribution in [2.45, 2.75) is 18.9 Å². The van der Waals surface area contributed by atoms with Gasteiger partial charge >= 0.3 is 0 Å². The lowest BCUT2D eigenvalue weighted by molar-refractivity contribution is 0.590. The van der Waals surface area contributed by atoms with E-state index in [1.807, 2.05) is 30.3 Å². The van der Waals surface area contributed by atoms with E-state index in [1.54, 1.807) is 6.07 Å². The molecule has 0 saturated heterocycles. The van der Waals surface area contributed by atoms with Crippen molar-refractivity contribution in [3.05, 3.63) is 66.2 Å². The first kappa shape index (κ1) is 15.5. The molecule has 4 rings (SSSR count). The van der Waals surface area contributed by atoms with Crippen molar-refractivity contribution in [1.29, 1.82) is 0 Å². The molecule has 126 valence electrons. The second-order valence-electron chi connectivity index (χ2n) is 5.97. The lowest BCUT2D eigenvalue weighted by Crippen LogP contribution is -2.08. The number of nitrogens with zero attached hydrogens (tertiary/aromatic N) is 2. The molecular weight excluding hydrogens is 322 g/mol. The van der Waals surface area contributed by atoms with Gasteiger partial charge in [0.2, 0.25) is 5.95 Å². The van der Waals surface area contributed by atoms with Crippen LogP contribution in [0.4, 0.5) is 26.2 Å². The fourth-order valence-corrected chi connectivity index (χ4v) is 2.49. The molecule has 0 unspecified atom stereocenters. The van der Waals surface area contributed by atoms with Crippen LogP contribution in [0.25, 0.3) is 11.3 Å². The summed E-state index contributed by atoms with van der Waals surface area (Å²) in [6.45, 7) is 0. The average molecular weight is 338 g/mol. The lowest BCUT2D eigenvalue weighted by Gasteiger charge is -2.12. The number of benzene rings is 2. The smallest absolute Gasteiger partial charge is 0.225 e. The van der Waals surface area contributed by atoms with Crippen LogP contribution in [0.15, 0.2) is 54.6 Å². The summed E-state index contributed by atoms with van der Waals surface area (Å²) in [6.07, 6.45) is 2.15. The SMILES string of the molecule is Fc1cccc(F)c1Nc1cc(-c2ccccc2)nc(NC2CC2)n1. The highest BCUT2D eigenvalue weighted by Gasteiger charge is 2.22. The molecule has 1 aliphatic carbocycles. The van der Waals surface area contributed by atoms with Crippen molar-refractivity contribution in [2.24, 2.45) is 0 Å². The van der Waals surface area contributed by atoms with Crippen molar-refractivity contribution in [2.75, 3.05) is 10.6 Å². The van der Waals surface area contributed by atoms with Crippen molar-refractivity contribution in [1.82, 2.24) is 9.97 Å². The van der Waals surface area contributed by atoms with Crippen LogP contribution in [0.1, 0.15) is 12.8 Å². The first-order valence-corrected chi connectivity index (χ1v) is 8.11. The number of rotatable bonds is 5. The van der Waals surface area contributed by atoms with Gasteiger partial charge in [0, 0.05) is 17.7 Å². The highest BCUT2D eigenvalue weighted by molar-refractivity contribution is 5.67. The number of hydrogen-bond acceptors (Lipinski definition) is 4. The van der Waals surface area contributed by atoms with Crippen molar-refractivity contribution < 1.29 is 8.78 Å². The monoisotopic (exact) mass is 338 g/mol. The average Bonchev–Trinajstić information content (AvgIpc) is 3.43. The summed E-state index contributed by atoms with van der Waals surface area (Å²) in [5.74, 6) is -0.558. The van der Waals surface area contributed by atoms with Gasteiger partial charge in [-0.15, -0.1) is 0 Å². The highest BCUT2D eigenvalue weighted by atomic mass is 19.1. The third-order valence-electron chi connectivity index (χ3n) is 3.92. The van der Waals surface area contributed by atoms with E-state index in [0.717, 1.165) is 18.4 Å². The van der Waals surface area contributed by atoms with Crippen molar-refractivity contribution >= 4 is 17.5 Å². The van der Waals surface area contributed by atoms with Crippen LogP contribution in [0, 0.1) is 11.6 Å². The van der Waals surface area contributed by atoms with E-state index in [0.29, 0.717) is 23.5 Å². The van der Waals surface area contributed by atoms with Gasteiger partial charge in [-0.3, -0.25) is 0 Å². The number of halogens is 2. The Kier molecular flexibility index (Phi) is 4.01. The Morgan fingerprint density at radius 1 is 0.880 bits per heavy atom. The molecule has 3 aromatic rings. The van der Waals surface area contributed by atoms with Crippen LogP contribution >= 0.6 is 0 Å². The first-order chi connectivity index (χ1) is 12.2. The molecule has 0 amide bonds. The fraction of sp³-hybridized carbons (Fsp3) is 0.158. The predicted molar refractivity (Wildman–Crippen MR) is 93.8 cm³/mol. The molecular formula is C19H16F2N4. The molecule has 0 spiro atoms. The van der Waals surface area contributed by atoms with Crippen molar-refractivity contribution in [3.63, 3.8) is 0 Å². The molecule has 25 heavy (non-hydrogen) atoms. The van der Waals surface area contributed by atoms with Gasteiger partial charge in [0.05, 0.1) is 5.69 Å². The number of anilines is 3. The molecule has 6 heteroatoms. The van der Waals surface area contributed by atoms with Crippen LogP contribution in [-0.2, 0) is 0 Å². The number of para-hydroxylation sites is 1. The van der Waals surface area contributed by atoms with Crippen LogP contribution in [0.3, 0.4) is 0 Å². The molecule has 1 saturated carbocycles. The Bertz CT molecular complexity index is 875. The molecule has 1 aliphatic rings. The van der Waals surface area contributed by atoms with E-state index in [-0.39, 0.29) is 5.69 Å². The van der Waals surface area contributed by atoms with Crippen molar-refractivity contribution in [3.8, 4) is 11.3 Å². The first-order valence-electron chi connectivity index (χ1n) is 8.11. The van der Waals surface area contributed by atoms with Crippen LogP contribution in [0.5, 0.6) is 0 Å². The highest BCUT2D eigenvalue weighted by Crippen LogP contribution is 2.28. The van der Waals surface area contributed by atoms with E-state index in [1.165, 1.54) is 18.2 Å². The molecule has 2 N–H and O–H groups in total. The minimum Gasteiger partial charge on any atom is -0.351 e. The molecule has 0 atom stereocenters. The van der Waals surface area contributed by atoms with E-state index < -0.39 is 11.6 Å². The predicted octanol–water partition coefficient (Wildman–Crippen LogP) is 4.74. The lowest BCUT2D eigenvalue weighted by atomic mass is 10.1. The summed E-state index contributed by atoms with van der Waals surface area (Å²) < 4.78 is 27.8. The summed E-state index contributed by atoms with van der Waals surface area (Å²) in [7, 11) is 0. The zero-order valence-electron chi connectivity index (χ0n) is 13.3. The van der Waals surface area contributed by atoms with Gasteiger partial charge in [-0.05, 0) is 25.0 Å². The Morgan fingerprint density at radius 3 is 2.28 bits per heavy atom. The molecule has 1 heterocycles. The zero-order valence-corrected chi connectivity index (χ0v) is 13.3. The fourth-order valence-electron chi connectivity index (χ4n) is 2.49. The molecule has 1 aromatic heterocycles. The van der Waals surface area contributed by atoms with Crippen LogP contribution in [0.2, 0.25) is 0 Å². The van der Waals surface area contributed by atoms with E-state index >= 15 is 0 Å². The molecule has 0 aliphatic heterocycles. The molecule has 0 radical (unpaired) electrons. The summed E-state index contributed by atoms with van der Waals surface area (Å²) in [6, 6.07) is 15.4. The number of hydrogen-bond donors (Lipinski definition) is 2. The normalized spacial score (nSPS) is 13.5. The second-order valence-corrected chi connectivity index (χ2v) is 5.97. The minimum absolute atomic E-state index is 0.224. The topological polar surface area (TPSA) is 49.8 Å². The molecule has 4 nitrogen and oxygen atoms in total. The summed E-state index contributed by atoms with van der Waals surface area (Å²) in [5.41, 5.74) is 1.36. The standard InChI is InChI=1S/C19H16F2N4/c20-14-7-4-8-15(21)18(14)24-17-11-16(12-5-2-1-3-6-12)23-19(25-17)22-13-9-10-13/h1-8,11,13H,9-10H2,(H2,22,23,24,25). The maximum atomic E-state index is 13.9. The van der Waals surface area contributed by atoms with E-state index in [4.69, 9.17) is 0 Å². The minimum atomic E-state index is -0.670. The summed E-state index contributed by atoms with van der Waals surface area (Å²) >= 11 is 0. The van der Waals surface area contributed by atoms with Crippen LogP contribution in [-0.4, -0.2) is 16.0 Å². The zero-order chi connectivity index (χ0) is 17.2. The Labute approximate surface area is 144 Å². The van der Waals surface area contributed by atoms with Gasteiger partial charge < -0.3 is 10.6 Å².